The quantitative estimate of drug-likeness (QED) is 0.651. The molecular formula is C20H28N4O2S. The van der Waals surface area contributed by atoms with Crippen LogP contribution in [-0.2, 0) is 28.9 Å². The highest BCUT2D eigenvalue weighted by molar-refractivity contribution is 7.99. The maximum Gasteiger partial charge on any atom is 0.233 e. The molecule has 27 heavy (non-hydrogen) atoms. The van der Waals surface area contributed by atoms with Gasteiger partial charge in [0.25, 0.3) is 0 Å². The zero-order valence-electron chi connectivity index (χ0n) is 16.1. The lowest BCUT2D eigenvalue weighted by molar-refractivity contribution is -0.132. The van der Waals surface area contributed by atoms with Gasteiger partial charge >= 0.3 is 0 Å². The van der Waals surface area contributed by atoms with Crippen molar-refractivity contribution >= 4 is 17.7 Å². The highest BCUT2D eigenvalue weighted by Crippen LogP contribution is 2.20. The van der Waals surface area contributed by atoms with Crippen LogP contribution in [0.15, 0.2) is 35.5 Å². The molecule has 0 atom stereocenters. The molecule has 6 nitrogen and oxygen atoms in total. The van der Waals surface area contributed by atoms with Gasteiger partial charge in [0, 0.05) is 26.1 Å². The lowest BCUT2D eigenvalue weighted by atomic mass is 10.1. The van der Waals surface area contributed by atoms with Gasteiger partial charge in [-0.15, -0.1) is 10.2 Å². The van der Waals surface area contributed by atoms with E-state index in [-0.39, 0.29) is 5.91 Å². The Morgan fingerprint density at radius 1 is 1.15 bits per heavy atom. The Kier molecular flexibility index (Phi) is 7.29. The first-order chi connectivity index (χ1) is 13.1. The molecule has 1 fully saturated rings. The van der Waals surface area contributed by atoms with E-state index >= 15 is 0 Å². The van der Waals surface area contributed by atoms with Crippen LogP contribution in [0.25, 0.3) is 0 Å². The van der Waals surface area contributed by atoms with E-state index in [0.717, 1.165) is 30.4 Å². The Morgan fingerprint density at radius 3 is 2.59 bits per heavy atom. The van der Waals surface area contributed by atoms with Gasteiger partial charge in [0.2, 0.25) is 5.91 Å². The molecule has 1 aliphatic heterocycles. The minimum absolute atomic E-state index is 0.147. The van der Waals surface area contributed by atoms with E-state index in [0.29, 0.717) is 38.0 Å². The molecule has 1 amide bonds. The lowest BCUT2D eigenvalue weighted by Gasteiger charge is -2.26. The van der Waals surface area contributed by atoms with Crippen LogP contribution in [0, 0.1) is 5.92 Å². The van der Waals surface area contributed by atoms with Crippen molar-refractivity contribution in [2.24, 2.45) is 5.92 Å². The number of carbonyl (C=O) groups excluding carboxylic acids is 1. The predicted octanol–water partition coefficient (Wildman–Crippen LogP) is 2.67. The van der Waals surface area contributed by atoms with Crippen LogP contribution in [0.4, 0.5) is 0 Å². The minimum atomic E-state index is 0.147. The Labute approximate surface area is 165 Å². The number of morpholine rings is 1. The summed E-state index contributed by atoms with van der Waals surface area (Å²) in [4.78, 5) is 14.3. The third kappa shape index (κ3) is 5.81. The molecule has 7 heteroatoms. The smallest absolute Gasteiger partial charge is 0.233 e. The largest absolute Gasteiger partial charge is 0.378 e. The molecule has 3 rings (SSSR count). The normalized spacial score (nSPS) is 14.7. The molecule has 2 heterocycles. The van der Waals surface area contributed by atoms with Crippen LogP contribution >= 0.6 is 11.8 Å². The van der Waals surface area contributed by atoms with E-state index in [1.807, 2.05) is 11.0 Å². The molecule has 0 aliphatic carbocycles. The zero-order valence-corrected chi connectivity index (χ0v) is 17.0. The number of rotatable bonds is 8. The molecule has 1 aromatic heterocycles. The molecule has 1 aromatic carbocycles. The van der Waals surface area contributed by atoms with E-state index in [4.69, 9.17) is 4.74 Å². The van der Waals surface area contributed by atoms with Gasteiger partial charge in [0.1, 0.15) is 5.82 Å². The van der Waals surface area contributed by atoms with E-state index in [1.165, 1.54) is 17.3 Å². The number of carbonyl (C=O) groups is 1. The van der Waals surface area contributed by atoms with Crippen LogP contribution in [0.2, 0.25) is 0 Å². The first-order valence-electron chi connectivity index (χ1n) is 9.58. The van der Waals surface area contributed by atoms with Gasteiger partial charge in [-0.05, 0) is 17.9 Å². The maximum atomic E-state index is 12.4. The van der Waals surface area contributed by atoms with Gasteiger partial charge in [0.05, 0.1) is 19.0 Å². The molecule has 0 bridgehead atoms. The lowest BCUT2D eigenvalue weighted by Crippen LogP contribution is -2.41. The second-order valence-electron chi connectivity index (χ2n) is 7.17. The molecule has 0 radical (unpaired) electrons. The Morgan fingerprint density at radius 2 is 1.89 bits per heavy atom. The highest BCUT2D eigenvalue weighted by Gasteiger charge is 2.19. The van der Waals surface area contributed by atoms with Crippen molar-refractivity contribution in [3.05, 3.63) is 41.7 Å². The van der Waals surface area contributed by atoms with Crippen LogP contribution < -0.4 is 0 Å². The summed E-state index contributed by atoms with van der Waals surface area (Å²) in [7, 11) is 0. The third-order valence-corrected chi connectivity index (χ3v) is 5.46. The van der Waals surface area contributed by atoms with Crippen molar-refractivity contribution in [1.82, 2.24) is 19.7 Å². The van der Waals surface area contributed by atoms with Crippen molar-refractivity contribution in [3.63, 3.8) is 0 Å². The molecular weight excluding hydrogens is 360 g/mol. The first-order valence-corrected chi connectivity index (χ1v) is 10.6. The van der Waals surface area contributed by atoms with Crippen LogP contribution in [0.3, 0.4) is 0 Å². The molecule has 0 spiro atoms. The number of amides is 1. The van der Waals surface area contributed by atoms with Gasteiger partial charge < -0.3 is 14.2 Å². The van der Waals surface area contributed by atoms with Crippen molar-refractivity contribution < 1.29 is 9.53 Å². The zero-order chi connectivity index (χ0) is 19.1. The second kappa shape index (κ2) is 9.90. The number of ether oxygens (including phenoxy) is 1. The fraction of sp³-hybridized carbons (Fsp3) is 0.550. The van der Waals surface area contributed by atoms with E-state index in [9.17, 15) is 4.79 Å². The van der Waals surface area contributed by atoms with Gasteiger partial charge in [-0.2, -0.15) is 0 Å². The van der Waals surface area contributed by atoms with Crippen LogP contribution in [0.5, 0.6) is 0 Å². The number of aryl methyl sites for hydroxylation is 2. The Hall–Kier alpha value is -1.86. The summed E-state index contributed by atoms with van der Waals surface area (Å²) in [5, 5.41) is 9.64. The number of hydrogen-bond acceptors (Lipinski definition) is 5. The maximum absolute atomic E-state index is 12.4. The molecule has 1 saturated heterocycles. The van der Waals surface area contributed by atoms with Crippen molar-refractivity contribution in [2.45, 2.75) is 38.4 Å². The minimum Gasteiger partial charge on any atom is -0.378 e. The van der Waals surface area contributed by atoms with Crippen molar-refractivity contribution in [1.29, 1.82) is 0 Å². The van der Waals surface area contributed by atoms with E-state index in [1.54, 1.807) is 0 Å². The van der Waals surface area contributed by atoms with Crippen LogP contribution in [-0.4, -0.2) is 57.6 Å². The number of hydrogen-bond donors (Lipinski definition) is 0. The molecule has 0 saturated carbocycles. The fourth-order valence-electron chi connectivity index (χ4n) is 3.09. The summed E-state index contributed by atoms with van der Waals surface area (Å²) < 4.78 is 7.50. The molecule has 1 aliphatic rings. The summed E-state index contributed by atoms with van der Waals surface area (Å²) in [5.74, 6) is 2.03. The van der Waals surface area contributed by atoms with E-state index in [2.05, 4.69) is 52.9 Å². The standard InChI is InChI=1S/C20H28N4O2S/c1-16(2)14-24-18(9-8-17-6-4-3-5-7-17)21-22-20(24)27-15-19(25)23-10-12-26-13-11-23/h3-7,16H,8-15H2,1-2H3. The second-order valence-corrected chi connectivity index (χ2v) is 8.11. The Bertz CT molecular complexity index is 727. The van der Waals surface area contributed by atoms with Crippen molar-refractivity contribution in [2.75, 3.05) is 32.1 Å². The number of nitrogens with zero attached hydrogens (tertiary/aromatic N) is 4. The topological polar surface area (TPSA) is 60.2 Å². The highest BCUT2D eigenvalue weighted by atomic mass is 32.2. The molecule has 0 N–H and O–H groups in total. The van der Waals surface area contributed by atoms with Crippen molar-refractivity contribution in [3.8, 4) is 0 Å². The number of benzene rings is 1. The van der Waals surface area contributed by atoms with Gasteiger partial charge in [-0.3, -0.25) is 4.79 Å². The fourth-order valence-corrected chi connectivity index (χ4v) is 3.96. The third-order valence-electron chi connectivity index (χ3n) is 4.51. The number of aromatic nitrogens is 3. The summed E-state index contributed by atoms with van der Waals surface area (Å²) >= 11 is 1.49. The summed E-state index contributed by atoms with van der Waals surface area (Å²) in [6.45, 7) is 7.86. The van der Waals surface area contributed by atoms with Gasteiger partial charge in [0.15, 0.2) is 5.16 Å². The SMILES string of the molecule is CC(C)Cn1c(CCc2ccccc2)nnc1SCC(=O)N1CCOCC1. The van der Waals surface area contributed by atoms with Gasteiger partial charge in [-0.25, -0.2) is 0 Å². The average Bonchev–Trinajstić information content (AvgIpc) is 3.07. The summed E-state index contributed by atoms with van der Waals surface area (Å²) in [6.07, 6.45) is 1.79. The summed E-state index contributed by atoms with van der Waals surface area (Å²) in [5.41, 5.74) is 1.30. The molecule has 146 valence electrons. The average molecular weight is 389 g/mol. The number of thioether (sulfide) groups is 1. The monoisotopic (exact) mass is 388 g/mol. The van der Waals surface area contributed by atoms with Gasteiger partial charge in [-0.1, -0.05) is 55.9 Å². The molecule has 0 unspecified atom stereocenters. The van der Waals surface area contributed by atoms with E-state index < -0.39 is 0 Å². The molecule has 2 aromatic rings. The predicted molar refractivity (Wildman–Crippen MR) is 107 cm³/mol. The summed E-state index contributed by atoms with van der Waals surface area (Å²) in [6, 6.07) is 10.4. The van der Waals surface area contributed by atoms with Crippen LogP contribution in [0.1, 0.15) is 25.2 Å². The first kappa shape index (κ1) is 19.9. The Balaban J connectivity index is 1.63.